The number of aliphatic hydroxyl groups is 3. The zero-order chi connectivity index (χ0) is 16.8. The molecule has 3 rings (SSSR count). The number of pyridine rings is 1. The van der Waals surface area contributed by atoms with Crippen LogP contribution in [0.25, 0.3) is 11.0 Å². The highest BCUT2D eigenvalue weighted by molar-refractivity contribution is 5.84. The minimum Gasteiger partial charge on any atom is -0.393 e. The molecule has 5 N–H and O–H groups in total. The van der Waals surface area contributed by atoms with Gasteiger partial charge in [0.1, 0.15) is 35.3 Å². The van der Waals surface area contributed by atoms with Crippen molar-refractivity contribution in [1.29, 1.82) is 0 Å². The molecule has 124 valence electrons. The number of rotatable bonds is 3. The average Bonchev–Trinajstić information content (AvgIpc) is 2.81. The maximum absolute atomic E-state index is 12.0. The van der Waals surface area contributed by atoms with Crippen LogP contribution in [0.3, 0.4) is 0 Å². The number of aromatic nitrogens is 3. The highest BCUT2D eigenvalue weighted by Gasteiger charge is 2.53. The van der Waals surface area contributed by atoms with Crippen LogP contribution in [0.15, 0.2) is 23.4 Å². The Bertz CT molecular complexity index is 788. The SMILES string of the molecule is CCC1(CO)OC(n2ccc(=O)c3c(N)ncnc32)C(O)C1O. The summed E-state index contributed by atoms with van der Waals surface area (Å²) < 4.78 is 7.17. The molecule has 1 fully saturated rings. The lowest BCUT2D eigenvalue weighted by Gasteiger charge is -2.28. The van der Waals surface area contributed by atoms with Gasteiger partial charge in [-0.05, 0) is 6.42 Å². The third kappa shape index (κ3) is 2.20. The second kappa shape index (κ2) is 5.53. The Morgan fingerprint density at radius 3 is 2.78 bits per heavy atom. The summed E-state index contributed by atoms with van der Waals surface area (Å²) in [7, 11) is 0. The van der Waals surface area contributed by atoms with Gasteiger partial charge >= 0.3 is 0 Å². The van der Waals surface area contributed by atoms with Gasteiger partial charge in [-0.2, -0.15) is 0 Å². The quantitative estimate of drug-likeness (QED) is 0.549. The summed E-state index contributed by atoms with van der Waals surface area (Å²) in [6.07, 6.45) is -0.701. The van der Waals surface area contributed by atoms with E-state index in [0.29, 0.717) is 6.42 Å². The molecule has 0 amide bonds. The molecule has 0 spiro atoms. The summed E-state index contributed by atoms with van der Waals surface area (Å²) in [5.41, 5.74) is 4.29. The summed E-state index contributed by atoms with van der Waals surface area (Å²) in [4.78, 5) is 19.8. The van der Waals surface area contributed by atoms with Gasteiger partial charge in [0.25, 0.3) is 0 Å². The van der Waals surface area contributed by atoms with E-state index in [2.05, 4.69) is 9.97 Å². The van der Waals surface area contributed by atoms with E-state index in [1.165, 1.54) is 23.2 Å². The highest BCUT2D eigenvalue weighted by Crippen LogP contribution is 2.39. The monoisotopic (exact) mass is 322 g/mol. The van der Waals surface area contributed by atoms with Crippen molar-refractivity contribution in [2.45, 2.75) is 37.4 Å². The molecule has 0 aromatic carbocycles. The third-order valence-electron chi connectivity index (χ3n) is 4.38. The Kier molecular flexibility index (Phi) is 3.80. The number of hydrogen-bond donors (Lipinski definition) is 4. The molecule has 4 atom stereocenters. The van der Waals surface area contributed by atoms with E-state index in [9.17, 15) is 20.1 Å². The van der Waals surface area contributed by atoms with E-state index in [0.717, 1.165) is 0 Å². The lowest BCUT2D eigenvalue weighted by molar-refractivity contribution is -0.129. The van der Waals surface area contributed by atoms with Crippen molar-refractivity contribution in [1.82, 2.24) is 14.5 Å². The summed E-state index contributed by atoms with van der Waals surface area (Å²) in [5, 5.41) is 30.3. The van der Waals surface area contributed by atoms with E-state index in [-0.39, 0.29) is 22.3 Å². The largest absolute Gasteiger partial charge is 0.393 e. The highest BCUT2D eigenvalue weighted by atomic mass is 16.6. The molecule has 1 aliphatic rings. The fourth-order valence-corrected chi connectivity index (χ4v) is 2.93. The van der Waals surface area contributed by atoms with Crippen LogP contribution in [0, 0.1) is 0 Å². The standard InChI is InChI=1S/C14H18N4O5/c1-2-14(5-19)10(22)9(21)13(23-14)18-4-3-7(20)8-11(15)16-6-17-12(8)18/h3-4,6,9-10,13,19,21-22H,2,5H2,1H3,(H2,15,16,17). The van der Waals surface area contributed by atoms with Gasteiger partial charge in [0.2, 0.25) is 0 Å². The number of anilines is 1. The average molecular weight is 322 g/mol. The Balaban J connectivity index is 2.17. The predicted octanol–water partition coefficient (Wildman–Crippen LogP) is -1.23. The van der Waals surface area contributed by atoms with E-state index in [4.69, 9.17) is 10.5 Å². The number of fused-ring (bicyclic) bond motifs is 1. The number of aliphatic hydroxyl groups excluding tert-OH is 3. The summed E-state index contributed by atoms with van der Waals surface area (Å²) in [6.45, 7) is 1.28. The van der Waals surface area contributed by atoms with Gasteiger partial charge < -0.3 is 30.4 Å². The van der Waals surface area contributed by atoms with Gasteiger partial charge in [-0.25, -0.2) is 9.97 Å². The van der Waals surface area contributed by atoms with Crippen LogP contribution in [0.4, 0.5) is 5.82 Å². The molecule has 9 nitrogen and oxygen atoms in total. The fraction of sp³-hybridized carbons (Fsp3) is 0.500. The van der Waals surface area contributed by atoms with Gasteiger partial charge in [-0.1, -0.05) is 6.92 Å². The van der Waals surface area contributed by atoms with Crippen LogP contribution in [0.1, 0.15) is 19.6 Å². The first-order valence-corrected chi connectivity index (χ1v) is 7.21. The summed E-state index contributed by atoms with van der Waals surface area (Å²) in [6, 6.07) is 1.26. The van der Waals surface area contributed by atoms with Crippen LogP contribution < -0.4 is 11.2 Å². The third-order valence-corrected chi connectivity index (χ3v) is 4.38. The van der Waals surface area contributed by atoms with E-state index >= 15 is 0 Å². The van der Waals surface area contributed by atoms with E-state index < -0.39 is 30.6 Å². The normalized spacial score (nSPS) is 30.9. The maximum Gasteiger partial charge on any atom is 0.194 e. The number of nitrogens with zero attached hydrogens (tertiary/aromatic N) is 3. The van der Waals surface area contributed by atoms with Gasteiger partial charge in [0.05, 0.1) is 6.61 Å². The van der Waals surface area contributed by atoms with Crippen LogP contribution in [-0.4, -0.2) is 54.3 Å². The summed E-state index contributed by atoms with van der Waals surface area (Å²) in [5.74, 6) is 0.0197. The lowest BCUT2D eigenvalue weighted by atomic mass is 9.93. The lowest BCUT2D eigenvalue weighted by Crippen LogP contribution is -2.45. The first-order chi connectivity index (χ1) is 10.9. The predicted molar refractivity (Wildman–Crippen MR) is 80.5 cm³/mol. The number of ether oxygens (including phenoxy) is 1. The Labute approximate surface area is 131 Å². The second-order valence-corrected chi connectivity index (χ2v) is 5.57. The Hall–Kier alpha value is -2.07. The molecule has 2 aromatic heterocycles. The van der Waals surface area contributed by atoms with E-state index in [1.807, 2.05) is 0 Å². The first-order valence-electron chi connectivity index (χ1n) is 7.21. The van der Waals surface area contributed by atoms with Crippen molar-refractivity contribution in [3.8, 4) is 0 Å². The molecule has 3 heterocycles. The van der Waals surface area contributed by atoms with Crippen LogP contribution in [0.2, 0.25) is 0 Å². The van der Waals surface area contributed by atoms with Gasteiger partial charge in [0, 0.05) is 12.3 Å². The number of nitrogens with two attached hydrogens (primary N) is 1. The van der Waals surface area contributed by atoms with E-state index in [1.54, 1.807) is 6.92 Å². The molecule has 2 aromatic rings. The Morgan fingerprint density at radius 2 is 2.17 bits per heavy atom. The molecule has 0 bridgehead atoms. The van der Waals surface area contributed by atoms with Crippen LogP contribution in [0.5, 0.6) is 0 Å². The van der Waals surface area contributed by atoms with Crippen molar-refractivity contribution in [2.24, 2.45) is 0 Å². The zero-order valence-electron chi connectivity index (χ0n) is 12.5. The van der Waals surface area contributed by atoms with Gasteiger partial charge in [0.15, 0.2) is 17.3 Å². The van der Waals surface area contributed by atoms with Gasteiger partial charge in [-0.3, -0.25) is 4.79 Å². The Morgan fingerprint density at radius 1 is 1.43 bits per heavy atom. The molecule has 0 saturated carbocycles. The first kappa shape index (κ1) is 15.8. The van der Waals surface area contributed by atoms with Crippen molar-refractivity contribution in [3.05, 3.63) is 28.8 Å². The molecular weight excluding hydrogens is 304 g/mol. The minimum absolute atomic E-state index is 0.0197. The number of nitrogen functional groups attached to an aromatic ring is 1. The van der Waals surface area contributed by atoms with Crippen LogP contribution in [-0.2, 0) is 4.74 Å². The zero-order valence-corrected chi connectivity index (χ0v) is 12.5. The number of hydrogen-bond acceptors (Lipinski definition) is 8. The molecule has 0 radical (unpaired) electrons. The van der Waals surface area contributed by atoms with Crippen molar-refractivity contribution in [3.63, 3.8) is 0 Å². The fourth-order valence-electron chi connectivity index (χ4n) is 2.93. The summed E-state index contributed by atoms with van der Waals surface area (Å²) >= 11 is 0. The topological polar surface area (TPSA) is 144 Å². The maximum atomic E-state index is 12.0. The molecular formula is C14H18N4O5. The second-order valence-electron chi connectivity index (χ2n) is 5.57. The molecule has 23 heavy (non-hydrogen) atoms. The molecule has 9 heteroatoms. The van der Waals surface area contributed by atoms with Gasteiger partial charge in [-0.15, -0.1) is 0 Å². The van der Waals surface area contributed by atoms with Crippen LogP contribution >= 0.6 is 0 Å². The molecule has 1 saturated heterocycles. The molecule has 4 unspecified atom stereocenters. The molecule has 1 aliphatic heterocycles. The van der Waals surface area contributed by atoms with Crippen molar-refractivity contribution in [2.75, 3.05) is 12.3 Å². The minimum atomic E-state index is -1.30. The van der Waals surface area contributed by atoms with Crippen molar-refractivity contribution >= 4 is 16.9 Å². The molecule has 0 aliphatic carbocycles. The van der Waals surface area contributed by atoms with Crippen molar-refractivity contribution < 1.29 is 20.1 Å². The smallest absolute Gasteiger partial charge is 0.194 e.